The highest BCUT2D eigenvalue weighted by atomic mass is 16.7. The molecule has 4 heterocycles. The van der Waals surface area contributed by atoms with Gasteiger partial charge in [0.1, 0.15) is 34.6 Å². The highest BCUT2D eigenvalue weighted by molar-refractivity contribution is 5.98. The third-order valence-electron chi connectivity index (χ3n) is 10.7. The van der Waals surface area contributed by atoms with Gasteiger partial charge in [0.2, 0.25) is 11.6 Å². The maximum Gasteiger partial charge on any atom is 0.223 e. The molecule has 2 spiro atoms. The van der Waals surface area contributed by atoms with Gasteiger partial charge in [-0.3, -0.25) is 19.2 Å². The molecule has 10 nitrogen and oxygen atoms in total. The van der Waals surface area contributed by atoms with Crippen molar-refractivity contribution in [3.8, 4) is 23.0 Å². The number of Topliss-reactive ketones (excluding diaryl/α,β-unsaturated/α-hetero) is 4. The summed E-state index contributed by atoms with van der Waals surface area (Å²) < 4.78 is 24.8. The third-order valence-corrected chi connectivity index (χ3v) is 10.7. The summed E-state index contributed by atoms with van der Waals surface area (Å²) in [6, 6.07) is 3.28. The summed E-state index contributed by atoms with van der Waals surface area (Å²) in [4.78, 5) is 48.3. The molecule has 260 valence electrons. The number of ketones is 4. The van der Waals surface area contributed by atoms with E-state index < -0.39 is 11.6 Å². The molecule has 4 aliphatic rings. The van der Waals surface area contributed by atoms with Crippen LogP contribution in [0.1, 0.15) is 111 Å². The summed E-state index contributed by atoms with van der Waals surface area (Å²) in [7, 11) is 0. The van der Waals surface area contributed by atoms with E-state index in [4.69, 9.17) is 18.9 Å². The lowest BCUT2D eigenvalue weighted by Gasteiger charge is -2.50. The van der Waals surface area contributed by atoms with Crippen LogP contribution < -0.4 is 9.47 Å². The SMILES string of the molecule is CC(=O)c1cc(C)c2c(c1O)C[C@@H](C)[C@]1(O2)O[C@H](C)CC(=O)[C@H]1C.CC(=O)c1cc(C)c2c(c1O)C[C@@H](C)[C@]1(O2)O[C@H](C)CC(=O)[C@H]1C. The van der Waals surface area contributed by atoms with Crippen LogP contribution in [0.25, 0.3) is 0 Å². The second-order valence-electron chi connectivity index (χ2n) is 14.4. The molecule has 2 aromatic rings. The number of hydrogen-bond donors (Lipinski definition) is 2. The standard InChI is InChI=1S/2C19H24O5/c2*1-9-6-14(13(5)20)17(22)15-7-10(2)19(24-18(9)15)12(4)16(21)8-11(3)23-19/h2*6,10-12,22H,7-8H2,1-5H3/t2*10-,11-,12-,19-/m11/s1. The normalized spacial score (nSPS) is 32.4. The van der Waals surface area contributed by atoms with Gasteiger partial charge in [-0.05, 0) is 91.5 Å². The van der Waals surface area contributed by atoms with Crippen LogP contribution in [0.5, 0.6) is 23.0 Å². The Morgan fingerprint density at radius 1 is 0.646 bits per heavy atom. The Morgan fingerprint density at radius 2 is 0.979 bits per heavy atom. The minimum Gasteiger partial charge on any atom is -0.507 e. The Bertz CT molecular complexity index is 1570. The van der Waals surface area contributed by atoms with Crippen molar-refractivity contribution >= 4 is 23.1 Å². The van der Waals surface area contributed by atoms with Gasteiger partial charge in [-0.25, -0.2) is 0 Å². The van der Waals surface area contributed by atoms with Crippen LogP contribution in [0, 0.1) is 37.5 Å². The molecule has 0 aromatic heterocycles. The fourth-order valence-corrected chi connectivity index (χ4v) is 7.93. The van der Waals surface area contributed by atoms with Crippen LogP contribution in [-0.4, -0.2) is 57.1 Å². The maximum absolute atomic E-state index is 12.4. The minimum absolute atomic E-state index is 0.0207. The number of hydrogen-bond acceptors (Lipinski definition) is 10. The summed E-state index contributed by atoms with van der Waals surface area (Å²) in [5, 5.41) is 21.0. The molecule has 2 saturated heterocycles. The van der Waals surface area contributed by atoms with Crippen molar-refractivity contribution in [2.24, 2.45) is 23.7 Å². The Kier molecular flexibility index (Phi) is 9.33. The lowest BCUT2D eigenvalue weighted by atomic mass is 9.76. The Labute approximate surface area is 282 Å². The number of phenolic OH excluding ortho intramolecular Hbond substituents is 2. The number of aromatic hydroxyl groups is 2. The summed E-state index contributed by atoms with van der Waals surface area (Å²) in [6.45, 7) is 17.9. The van der Waals surface area contributed by atoms with Crippen molar-refractivity contribution in [2.45, 2.75) is 119 Å². The van der Waals surface area contributed by atoms with Crippen LogP contribution in [0.15, 0.2) is 12.1 Å². The zero-order valence-electron chi connectivity index (χ0n) is 29.6. The highest BCUT2D eigenvalue weighted by Crippen LogP contribution is 2.51. The van der Waals surface area contributed by atoms with Crippen LogP contribution in [0.3, 0.4) is 0 Å². The molecule has 6 rings (SSSR count). The van der Waals surface area contributed by atoms with Gasteiger partial charge in [-0.15, -0.1) is 0 Å². The number of phenols is 2. The molecule has 48 heavy (non-hydrogen) atoms. The summed E-state index contributed by atoms with van der Waals surface area (Å²) in [5.74, 6) is -2.13. The van der Waals surface area contributed by atoms with E-state index in [9.17, 15) is 29.4 Å². The maximum atomic E-state index is 12.4. The molecule has 0 radical (unpaired) electrons. The molecule has 2 fully saturated rings. The predicted molar refractivity (Wildman–Crippen MR) is 177 cm³/mol. The first-order chi connectivity index (χ1) is 22.3. The topological polar surface area (TPSA) is 146 Å². The number of rotatable bonds is 2. The average Bonchev–Trinajstić information content (AvgIpc) is 3.00. The van der Waals surface area contributed by atoms with Gasteiger partial charge in [-0.2, -0.15) is 0 Å². The molecule has 0 aliphatic carbocycles. The zero-order chi connectivity index (χ0) is 35.6. The Balaban J connectivity index is 0.000000188. The summed E-state index contributed by atoms with van der Waals surface area (Å²) >= 11 is 0. The Morgan fingerprint density at radius 3 is 1.29 bits per heavy atom. The van der Waals surface area contributed by atoms with Crippen LogP contribution in [0.4, 0.5) is 0 Å². The fraction of sp³-hybridized carbons (Fsp3) is 0.579. The van der Waals surface area contributed by atoms with Crippen molar-refractivity contribution in [1.29, 1.82) is 0 Å². The van der Waals surface area contributed by atoms with Crippen LogP contribution in [0.2, 0.25) is 0 Å². The van der Waals surface area contributed by atoms with E-state index in [2.05, 4.69) is 0 Å². The van der Waals surface area contributed by atoms with Gasteiger partial charge in [0.05, 0.1) is 35.2 Å². The molecular weight excluding hydrogens is 616 g/mol. The average molecular weight is 665 g/mol. The third kappa shape index (κ3) is 5.70. The largest absolute Gasteiger partial charge is 0.507 e. The number of fused-ring (bicyclic) bond motifs is 2. The van der Waals surface area contributed by atoms with E-state index in [0.717, 1.165) is 11.1 Å². The van der Waals surface area contributed by atoms with Gasteiger partial charge < -0.3 is 29.2 Å². The molecule has 0 bridgehead atoms. The number of aryl methyl sites for hydroxylation is 2. The van der Waals surface area contributed by atoms with Crippen molar-refractivity contribution in [3.05, 3.63) is 45.5 Å². The Hall–Kier alpha value is -3.76. The molecule has 0 unspecified atom stereocenters. The smallest absolute Gasteiger partial charge is 0.223 e. The van der Waals surface area contributed by atoms with E-state index in [1.54, 1.807) is 12.1 Å². The fourth-order valence-electron chi connectivity index (χ4n) is 7.93. The molecule has 4 aliphatic heterocycles. The molecule has 10 heteroatoms. The zero-order valence-corrected chi connectivity index (χ0v) is 29.6. The van der Waals surface area contributed by atoms with Crippen molar-refractivity contribution < 1.29 is 48.3 Å². The van der Waals surface area contributed by atoms with Gasteiger partial charge in [0.25, 0.3) is 0 Å². The number of benzene rings is 2. The van der Waals surface area contributed by atoms with Crippen LogP contribution in [-0.2, 0) is 31.9 Å². The van der Waals surface area contributed by atoms with E-state index in [0.29, 0.717) is 59.4 Å². The molecule has 8 atom stereocenters. The number of carbonyl (C=O) groups is 4. The molecular formula is C38H48O10. The van der Waals surface area contributed by atoms with Gasteiger partial charge in [0, 0.05) is 35.8 Å². The van der Waals surface area contributed by atoms with Gasteiger partial charge in [-0.1, -0.05) is 13.8 Å². The first-order valence-corrected chi connectivity index (χ1v) is 16.9. The van der Waals surface area contributed by atoms with E-state index in [1.165, 1.54) is 13.8 Å². The summed E-state index contributed by atoms with van der Waals surface area (Å²) in [6.07, 6.45) is 1.35. The number of carbonyl (C=O) groups excluding carboxylic acids is 4. The molecule has 2 aromatic carbocycles. The van der Waals surface area contributed by atoms with Crippen LogP contribution >= 0.6 is 0 Å². The van der Waals surface area contributed by atoms with Crippen molar-refractivity contribution in [3.63, 3.8) is 0 Å². The lowest BCUT2D eigenvalue weighted by Crippen LogP contribution is -2.60. The molecule has 0 saturated carbocycles. The van der Waals surface area contributed by atoms with E-state index in [-0.39, 0.29) is 70.5 Å². The van der Waals surface area contributed by atoms with Gasteiger partial charge >= 0.3 is 0 Å². The highest BCUT2D eigenvalue weighted by Gasteiger charge is 2.56. The summed E-state index contributed by atoms with van der Waals surface area (Å²) in [5.41, 5.74) is 3.39. The van der Waals surface area contributed by atoms with E-state index >= 15 is 0 Å². The molecule has 0 amide bonds. The van der Waals surface area contributed by atoms with E-state index in [1.807, 2.05) is 55.4 Å². The minimum atomic E-state index is -1.02. The first-order valence-electron chi connectivity index (χ1n) is 16.9. The first kappa shape index (κ1) is 35.5. The lowest BCUT2D eigenvalue weighted by molar-refractivity contribution is -0.278. The number of ether oxygens (including phenoxy) is 4. The monoisotopic (exact) mass is 664 g/mol. The second-order valence-corrected chi connectivity index (χ2v) is 14.4. The second kappa shape index (κ2) is 12.6. The quantitative estimate of drug-likeness (QED) is 0.348. The van der Waals surface area contributed by atoms with Gasteiger partial charge in [0.15, 0.2) is 11.6 Å². The van der Waals surface area contributed by atoms with Crippen molar-refractivity contribution in [2.75, 3.05) is 0 Å². The van der Waals surface area contributed by atoms with Crippen molar-refractivity contribution in [1.82, 2.24) is 0 Å². The predicted octanol–water partition coefficient (Wildman–Crippen LogP) is 6.37. The molecule has 2 N–H and O–H groups in total.